The van der Waals surface area contributed by atoms with Crippen LogP contribution in [0.1, 0.15) is 25.5 Å². The third-order valence-corrected chi connectivity index (χ3v) is 3.05. The summed E-state index contributed by atoms with van der Waals surface area (Å²) in [4.78, 5) is 6.57. The van der Waals surface area contributed by atoms with Crippen LogP contribution >= 0.6 is 0 Å². The third kappa shape index (κ3) is 2.55. The van der Waals surface area contributed by atoms with Crippen molar-refractivity contribution >= 4 is 0 Å². The Morgan fingerprint density at radius 2 is 2.13 bits per heavy atom. The molecule has 3 nitrogen and oxygen atoms in total. The van der Waals surface area contributed by atoms with E-state index in [2.05, 4.69) is 41.2 Å². The summed E-state index contributed by atoms with van der Waals surface area (Å²) in [6, 6.07) is 5.30. The first-order valence-electron chi connectivity index (χ1n) is 5.64. The number of pyridine rings is 1. The molecule has 0 saturated carbocycles. The molecule has 82 valence electrons. The largest absolute Gasteiger partial charge is 0.308 e. The fourth-order valence-electron chi connectivity index (χ4n) is 2.06. The molecule has 0 radical (unpaired) electrons. The number of nitrogens with zero attached hydrogens (tertiary/aromatic N) is 2. The Morgan fingerprint density at radius 3 is 2.80 bits per heavy atom. The van der Waals surface area contributed by atoms with Crippen molar-refractivity contribution in [2.75, 3.05) is 19.6 Å². The molecule has 0 spiro atoms. The van der Waals surface area contributed by atoms with Crippen molar-refractivity contribution in [3.05, 3.63) is 30.1 Å². The van der Waals surface area contributed by atoms with Gasteiger partial charge in [-0.15, -0.1) is 0 Å². The van der Waals surface area contributed by atoms with Crippen LogP contribution in [0.25, 0.3) is 0 Å². The number of aromatic nitrogens is 1. The maximum absolute atomic E-state index is 4.05. The van der Waals surface area contributed by atoms with E-state index in [9.17, 15) is 0 Å². The molecule has 15 heavy (non-hydrogen) atoms. The van der Waals surface area contributed by atoms with Gasteiger partial charge in [-0.2, -0.15) is 0 Å². The fourth-order valence-corrected chi connectivity index (χ4v) is 2.06. The second kappa shape index (κ2) is 4.73. The van der Waals surface area contributed by atoms with Gasteiger partial charge in [0.2, 0.25) is 0 Å². The average molecular weight is 205 g/mol. The molecule has 1 atom stereocenters. The van der Waals surface area contributed by atoms with Gasteiger partial charge in [-0.3, -0.25) is 9.88 Å². The molecular formula is C12H19N3. The Hall–Kier alpha value is -0.930. The number of rotatable bonds is 2. The van der Waals surface area contributed by atoms with Crippen molar-refractivity contribution in [1.82, 2.24) is 15.2 Å². The highest BCUT2D eigenvalue weighted by molar-refractivity contribution is 5.16. The molecule has 3 heteroatoms. The monoisotopic (exact) mass is 205 g/mol. The summed E-state index contributed by atoms with van der Waals surface area (Å²) < 4.78 is 0. The van der Waals surface area contributed by atoms with Gasteiger partial charge in [0.1, 0.15) is 0 Å². The zero-order chi connectivity index (χ0) is 10.7. The molecule has 1 aromatic rings. The van der Waals surface area contributed by atoms with E-state index in [-0.39, 0.29) is 0 Å². The first-order valence-corrected chi connectivity index (χ1v) is 5.64. The quantitative estimate of drug-likeness (QED) is 0.792. The van der Waals surface area contributed by atoms with Gasteiger partial charge >= 0.3 is 0 Å². The predicted octanol–water partition coefficient (Wildman–Crippen LogP) is 1.44. The number of piperazine rings is 1. The summed E-state index contributed by atoms with van der Waals surface area (Å²) in [7, 11) is 0. The summed E-state index contributed by atoms with van der Waals surface area (Å²) in [5.74, 6) is 0. The molecule has 1 saturated heterocycles. The van der Waals surface area contributed by atoms with Gasteiger partial charge < -0.3 is 5.32 Å². The van der Waals surface area contributed by atoms with Crippen LogP contribution in [0.3, 0.4) is 0 Å². The topological polar surface area (TPSA) is 28.2 Å². The van der Waals surface area contributed by atoms with Gasteiger partial charge in [-0.1, -0.05) is 0 Å². The first kappa shape index (κ1) is 10.6. The van der Waals surface area contributed by atoms with Crippen molar-refractivity contribution < 1.29 is 0 Å². The van der Waals surface area contributed by atoms with Crippen molar-refractivity contribution in [3.8, 4) is 0 Å². The van der Waals surface area contributed by atoms with Crippen LogP contribution in [-0.2, 0) is 0 Å². The molecule has 1 aliphatic rings. The zero-order valence-corrected chi connectivity index (χ0v) is 9.48. The number of nitrogens with one attached hydrogen (secondary N) is 1. The smallest absolute Gasteiger partial charge is 0.0450 e. The minimum atomic E-state index is 0.462. The minimum absolute atomic E-state index is 0.462. The van der Waals surface area contributed by atoms with Gasteiger partial charge in [0.25, 0.3) is 0 Å². The second-order valence-corrected chi connectivity index (χ2v) is 4.38. The van der Waals surface area contributed by atoms with Crippen LogP contribution in [0, 0.1) is 0 Å². The molecule has 1 aliphatic heterocycles. The lowest BCUT2D eigenvalue weighted by molar-refractivity contribution is 0.162. The van der Waals surface area contributed by atoms with Crippen LogP contribution in [0.15, 0.2) is 24.5 Å². The van der Waals surface area contributed by atoms with E-state index in [0.717, 1.165) is 19.6 Å². The van der Waals surface area contributed by atoms with E-state index in [1.807, 2.05) is 12.4 Å². The molecule has 2 heterocycles. The summed E-state index contributed by atoms with van der Waals surface area (Å²) in [5.41, 5.74) is 1.34. The maximum Gasteiger partial charge on any atom is 0.0450 e. The highest BCUT2D eigenvalue weighted by Crippen LogP contribution is 2.17. The fraction of sp³-hybridized carbons (Fsp3) is 0.583. The average Bonchev–Trinajstić information content (AvgIpc) is 2.30. The van der Waals surface area contributed by atoms with Crippen LogP contribution in [0.4, 0.5) is 0 Å². The predicted molar refractivity (Wildman–Crippen MR) is 61.7 cm³/mol. The molecule has 0 bridgehead atoms. The standard InChI is InChI=1S/C12H19N3/c1-10(2)15-8-7-14-12(9-15)11-3-5-13-6-4-11/h3-6,10,12,14H,7-9H2,1-2H3. The van der Waals surface area contributed by atoms with E-state index < -0.39 is 0 Å². The highest BCUT2D eigenvalue weighted by Gasteiger charge is 2.21. The Bertz CT molecular complexity index is 297. The van der Waals surface area contributed by atoms with Crippen molar-refractivity contribution in [1.29, 1.82) is 0 Å². The summed E-state index contributed by atoms with van der Waals surface area (Å²) in [5, 5.41) is 3.55. The third-order valence-electron chi connectivity index (χ3n) is 3.05. The van der Waals surface area contributed by atoms with Gasteiger partial charge in [0.05, 0.1) is 0 Å². The maximum atomic E-state index is 4.05. The SMILES string of the molecule is CC(C)N1CCNC(c2ccncc2)C1. The summed E-state index contributed by atoms with van der Waals surface area (Å²) in [6.45, 7) is 7.84. The van der Waals surface area contributed by atoms with Crippen molar-refractivity contribution in [2.24, 2.45) is 0 Å². The second-order valence-electron chi connectivity index (χ2n) is 4.38. The van der Waals surface area contributed by atoms with E-state index in [0.29, 0.717) is 12.1 Å². The molecule has 1 unspecified atom stereocenters. The van der Waals surface area contributed by atoms with Gasteiger partial charge in [-0.25, -0.2) is 0 Å². The molecular weight excluding hydrogens is 186 g/mol. The molecule has 2 rings (SSSR count). The van der Waals surface area contributed by atoms with Gasteiger partial charge in [-0.05, 0) is 31.5 Å². The van der Waals surface area contributed by atoms with E-state index >= 15 is 0 Å². The zero-order valence-electron chi connectivity index (χ0n) is 9.48. The highest BCUT2D eigenvalue weighted by atomic mass is 15.2. The van der Waals surface area contributed by atoms with E-state index in [1.54, 1.807) is 0 Å². The Morgan fingerprint density at radius 1 is 1.40 bits per heavy atom. The van der Waals surface area contributed by atoms with Crippen LogP contribution in [0.2, 0.25) is 0 Å². The van der Waals surface area contributed by atoms with Crippen LogP contribution in [0.5, 0.6) is 0 Å². The Balaban J connectivity index is 2.05. The lowest BCUT2D eigenvalue weighted by Crippen LogP contribution is -2.48. The summed E-state index contributed by atoms with van der Waals surface area (Å²) >= 11 is 0. The number of hydrogen-bond acceptors (Lipinski definition) is 3. The van der Waals surface area contributed by atoms with Crippen molar-refractivity contribution in [2.45, 2.75) is 25.9 Å². The van der Waals surface area contributed by atoms with Gasteiger partial charge in [0.15, 0.2) is 0 Å². The molecule has 0 aromatic carbocycles. The van der Waals surface area contributed by atoms with Crippen LogP contribution < -0.4 is 5.32 Å². The molecule has 1 fully saturated rings. The van der Waals surface area contributed by atoms with E-state index in [1.165, 1.54) is 5.56 Å². The van der Waals surface area contributed by atoms with Crippen molar-refractivity contribution in [3.63, 3.8) is 0 Å². The normalized spacial score (nSPS) is 23.3. The summed E-state index contributed by atoms with van der Waals surface area (Å²) in [6.07, 6.45) is 3.73. The van der Waals surface area contributed by atoms with Crippen LogP contribution in [-0.4, -0.2) is 35.6 Å². The van der Waals surface area contributed by atoms with E-state index in [4.69, 9.17) is 0 Å². The molecule has 1 aromatic heterocycles. The minimum Gasteiger partial charge on any atom is -0.308 e. The molecule has 1 N–H and O–H groups in total. The molecule has 0 aliphatic carbocycles. The Kier molecular flexibility index (Phi) is 3.34. The first-order chi connectivity index (χ1) is 7.27. The Labute approximate surface area is 91.5 Å². The lowest BCUT2D eigenvalue weighted by Gasteiger charge is -2.36. The number of hydrogen-bond donors (Lipinski definition) is 1. The van der Waals surface area contributed by atoms with Gasteiger partial charge in [0, 0.05) is 44.1 Å². The lowest BCUT2D eigenvalue weighted by atomic mass is 10.1. The molecule has 0 amide bonds.